The summed E-state index contributed by atoms with van der Waals surface area (Å²) in [5, 5.41) is 0.879. The van der Waals surface area contributed by atoms with Crippen LogP contribution in [0.4, 0.5) is 0 Å². The summed E-state index contributed by atoms with van der Waals surface area (Å²) < 4.78 is 5.33. The summed E-state index contributed by atoms with van der Waals surface area (Å²) in [5.74, 6) is 0.726. The van der Waals surface area contributed by atoms with E-state index in [1.807, 2.05) is 72.8 Å². The molecule has 0 fully saturated rings. The standard InChI is InChI=1S/C25H18N4O2/c1-31-18-8-9-20-17(12-18)13-19(25(30)29-20)16-14-23(21-6-2-4-10-26-21)28-24(15-16)22-7-3-5-11-27-22/h2-15H,1H3,(H,29,30). The second-order valence-corrected chi connectivity index (χ2v) is 7.02. The molecule has 31 heavy (non-hydrogen) atoms. The zero-order valence-electron chi connectivity index (χ0n) is 16.7. The van der Waals surface area contributed by atoms with Gasteiger partial charge in [0.15, 0.2) is 0 Å². The molecule has 0 aliphatic rings. The second-order valence-electron chi connectivity index (χ2n) is 7.02. The number of hydrogen-bond donors (Lipinski definition) is 1. The van der Waals surface area contributed by atoms with E-state index < -0.39 is 0 Å². The molecule has 0 saturated carbocycles. The van der Waals surface area contributed by atoms with Crippen LogP contribution < -0.4 is 10.3 Å². The number of ether oxygens (including phenoxy) is 1. The van der Waals surface area contributed by atoms with Gasteiger partial charge in [0.1, 0.15) is 5.75 Å². The van der Waals surface area contributed by atoms with Crippen LogP contribution in [-0.4, -0.2) is 27.0 Å². The van der Waals surface area contributed by atoms with E-state index in [1.54, 1.807) is 19.5 Å². The molecule has 0 saturated heterocycles. The van der Waals surface area contributed by atoms with Crippen molar-refractivity contribution < 1.29 is 4.74 Å². The van der Waals surface area contributed by atoms with Gasteiger partial charge in [-0.2, -0.15) is 0 Å². The zero-order valence-corrected chi connectivity index (χ0v) is 16.7. The van der Waals surface area contributed by atoms with E-state index in [-0.39, 0.29) is 5.56 Å². The number of nitrogens with zero attached hydrogens (tertiary/aromatic N) is 3. The van der Waals surface area contributed by atoms with Crippen molar-refractivity contribution in [1.29, 1.82) is 0 Å². The highest BCUT2D eigenvalue weighted by molar-refractivity contribution is 5.86. The van der Waals surface area contributed by atoms with Gasteiger partial charge in [0.25, 0.3) is 5.56 Å². The van der Waals surface area contributed by atoms with Crippen molar-refractivity contribution >= 4 is 10.9 Å². The molecule has 1 N–H and O–H groups in total. The summed E-state index contributed by atoms with van der Waals surface area (Å²) in [6, 6.07) is 22.5. The van der Waals surface area contributed by atoms with Crippen LogP contribution in [-0.2, 0) is 0 Å². The van der Waals surface area contributed by atoms with Crippen LogP contribution in [0.25, 0.3) is 44.8 Å². The minimum atomic E-state index is -0.178. The van der Waals surface area contributed by atoms with E-state index in [0.717, 1.165) is 33.6 Å². The molecule has 1 aromatic carbocycles. The van der Waals surface area contributed by atoms with Crippen LogP contribution in [0.5, 0.6) is 5.75 Å². The summed E-state index contributed by atoms with van der Waals surface area (Å²) in [6.45, 7) is 0. The number of H-pyrrole nitrogens is 1. The minimum absolute atomic E-state index is 0.178. The molecule has 150 valence electrons. The van der Waals surface area contributed by atoms with Crippen LogP contribution in [0, 0.1) is 0 Å². The van der Waals surface area contributed by atoms with Gasteiger partial charge in [-0.25, -0.2) is 4.98 Å². The fourth-order valence-electron chi connectivity index (χ4n) is 3.50. The highest BCUT2D eigenvalue weighted by Crippen LogP contribution is 2.29. The van der Waals surface area contributed by atoms with E-state index in [4.69, 9.17) is 9.72 Å². The molecule has 0 aliphatic carbocycles. The van der Waals surface area contributed by atoms with E-state index >= 15 is 0 Å². The summed E-state index contributed by atoms with van der Waals surface area (Å²) in [6.07, 6.45) is 3.44. The van der Waals surface area contributed by atoms with Gasteiger partial charge in [0.05, 0.1) is 29.9 Å². The van der Waals surface area contributed by atoms with Crippen LogP contribution in [0.15, 0.2) is 90.0 Å². The number of nitrogens with one attached hydrogen (secondary N) is 1. The van der Waals surface area contributed by atoms with Crippen LogP contribution in [0.3, 0.4) is 0 Å². The van der Waals surface area contributed by atoms with Gasteiger partial charge in [0, 0.05) is 28.9 Å². The summed E-state index contributed by atoms with van der Waals surface area (Å²) in [7, 11) is 1.62. The lowest BCUT2D eigenvalue weighted by molar-refractivity contribution is 0.415. The number of hydrogen-bond acceptors (Lipinski definition) is 5. The number of benzene rings is 1. The molecule has 4 aromatic heterocycles. The van der Waals surface area contributed by atoms with Crippen molar-refractivity contribution in [3.05, 3.63) is 95.5 Å². The number of fused-ring (bicyclic) bond motifs is 1. The Morgan fingerprint density at radius 3 is 2.03 bits per heavy atom. The predicted octanol–water partition coefficient (Wildman–Crippen LogP) is 4.72. The highest BCUT2D eigenvalue weighted by atomic mass is 16.5. The maximum atomic E-state index is 12.9. The predicted molar refractivity (Wildman–Crippen MR) is 121 cm³/mol. The van der Waals surface area contributed by atoms with E-state index in [0.29, 0.717) is 17.0 Å². The second kappa shape index (κ2) is 7.84. The number of aromatic nitrogens is 4. The summed E-state index contributed by atoms with van der Waals surface area (Å²) >= 11 is 0. The van der Waals surface area contributed by atoms with Crippen molar-refractivity contribution in [2.24, 2.45) is 0 Å². The Kier molecular flexibility index (Phi) is 4.72. The first-order valence-electron chi connectivity index (χ1n) is 9.77. The number of rotatable bonds is 4. The summed E-state index contributed by atoms with van der Waals surface area (Å²) in [5.41, 5.74) is 4.63. The molecule has 0 aliphatic heterocycles. The molecule has 0 atom stereocenters. The first-order valence-corrected chi connectivity index (χ1v) is 9.77. The molecular formula is C25H18N4O2. The minimum Gasteiger partial charge on any atom is -0.497 e. The smallest absolute Gasteiger partial charge is 0.256 e. The van der Waals surface area contributed by atoms with Crippen molar-refractivity contribution in [2.75, 3.05) is 7.11 Å². The first-order chi connectivity index (χ1) is 15.2. The van der Waals surface area contributed by atoms with Crippen LogP contribution in [0.2, 0.25) is 0 Å². The fourth-order valence-corrected chi connectivity index (χ4v) is 3.50. The Balaban J connectivity index is 1.75. The number of pyridine rings is 4. The van der Waals surface area contributed by atoms with Crippen molar-refractivity contribution in [1.82, 2.24) is 19.9 Å². The van der Waals surface area contributed by atoms with E-state index in [1.165, 1.54) is 0 Å². The Morgan fingerprint density at radius 2 is 1.45 bits per heavy atom. The van der Waals surface area contributed by atoms with Crippen LogP contribution in [0.1, 0.15) is 0 Å². The third-order valence-electron chi connectivity index (χ3n) is 5.04. The molecule has 5 aromatic rings. The molecule has 6 nitrogen and oxygen atoms in total. The van der Waals surface area contributed by atoms with Crippen molar-refractivity contribution in [3.63, 3.8) is 0 Å². The van der Waals surface area contributed by atoms with Crippen molar-refractivity contribution in [3.8, 4) is 39.7 Å². The topological polar surface area (TPSA) is 80.8 Å². The third kappa shape index (κ3) is 3.67. The van der Waals surface area contributed by atoms with Gasteiger partial charge >= 0.3 is 0 Å². The molecule has 6 heteroatoms. The van der Waals surface area contributed by atoms with Gasteiger partial charge in [0.2, 0.25) is 0 Å². The van der Waals surface area contributed by atoms with Gasteiger partial charge in [-0.3, -0.25) is 14.8 Å². The Hall–Kier alpha value is -4.32. The molecule has 5 rings (SSSR count). The Labute approximate surface area is 178 Å². The average molecular weight is 406 g/mol. The molecule has 0 amide bonds. The van der Waals surface area contributed by atoms with E-state index in [9.17, 15) is 4.79 Å². The lowest BCUT2D eigenvalue weighted by Gasteiger charge is -2.10. The maximum absolute atomic E-state index is 12.9. The Morgan fingerprint density at radius 1 is 0.774 bits per heavy atom. The lowest BCUT2D eigenvalue weighted by atomic mass is 10.0. The zero-order chi connectivity index (χ0) is 21.2. The number of aromatic amines is 1. The average Bonchev–Trinajstić information content (AvgIpc) is 2.84. The Bertz CT molecular complexity index is 1370. The number of methoxy groups -OCH3 is 1. The molecular weight excluding hydrogens is 388 g/mol. The molecule has 0 spiro atoms. The molecule has 0 unspecified atom stereocenters. The largest absolute Gasteiger partial charge is 0.497 e. The lowest BCUT2D eigenvalue weighted by Crippen LogP contribution is -2.09. The van der Waals surface area contributed by atoms with Gasteiger partial charge in [-0.05, 0) is 66.2 Å². The van der Waals surface area contributed by atoms with Crippen molar-refractivity contribution in [2.45, 2.75) is 0 Å². The normalized spacial score (nSPS) is 10.9. The monoisotopic (exact) mass is 406 g/mol. The van der Waals surface area contributed by atoms with Gasteiger partial charge in [-0.1, -0.05) is 12.1 Å². The highest BCUT2D eigenvalue weighted by Gasteiger charge is 2.13. The third-order valence-corrected chi connectivity index (χ3v) is 5.04. The molecule has 0 bridgehead atoms. The fraction of sp³-hybridized carbons (Fsp3) is 0.0400. The first kappa shape index (κ1) is 18.7. The quantitative estimate of drug-likeness (QED) is 0.467. The van der Waals surface area contributed by atoms with Crippen LogP contribution >= 0.6 is 0 Å². The molecule has 0 radical (unpaired) electrons. The van der Waals surface area contributed by atoms with E-state index in [2.05, 4.69) is 15.0 Å². The molecule has 4 heterocycles. The van der Waals surface area contributed by atoms with Gasteiger partial charge in [-0.15, -0.1) is 0 Å². The SMILES string of the molecule is COc1ccc2[nH]c(=O)c(-c3cc(-c4ccccn4)nc(-c4ccccn4)c3)cc2c1. The summed E-state index contributed by atoms with van der Waals surface area (Å²) in [4.78, 5) is 29.5. The maximum Gasteiger partial charge on any atom is 0.256 e. The van der Waals surface area contributed by atoms with Gasteiger partial charge < -0.3 is 9.72 Å².